The number of nitrogens with two attached hydrogens (primary N) is 1. The first-order valence-corrected chi connectivity index (χ1v) is 5.93. The van der Waals surface area contributed by atoms with Gasteiger partial charge in [-0.15, -0.1) is 0 Å². The van der Waals surface area contributed by atoms with E-state index in [1.54, 1.807) is 7.11 Å². The van der Waals surface area contributed by atoms with Crippen molar-refractivity contribution in [3.8, 4) is 5.75 Å². The van der Waals surface area contributed by atoms with E-state index in [4.69, 9.17) is 15.3 Å². The van der Waals surface area contributed by atoms with Crippen LogP contribution in [0.2, 0.25) is 0 Å². The average Bonchev–Trinajstić information content (AvgIpc) is 2.37. The van der Waals surface area contributed by atoms with Crippen LogP contribution in [0, 0.1) is 0 Å². The minimum absolute atomic E-state index is 0.0349. The summed E-state index contributed by atoms with van der Waals surface area (Å²) in [7, 11) is 1.70. The number of hydrogen-bond donors (Lipinski definition) is 2. The number of ether oxygens (including phenoxy) is 2. The first-order chi connectivity index (χ1) is 8.22. The van der Waals surface area contributed by atoms with Crippen molar-refractivity contribution in [2.45, 2.75) is 32.4 Å². The minimum Gasteiger partial charge on any atom is -0.494 e. The maximum Gasteiger partial charge on any atom is 0.124 e. The van der Waals surface area contributed by atoms with Crippen molar-refractivity contribution in [2.75, 3.05) is 13.7 Å². The Balaban J connectivity index is 2.86. The van der Waals surface area contributed by atoms with E-state index < -0.39 is 0 Å². The van der Waals surface area contributed by atoms with Crippen LogP contribution in [-0.4, -0.2) is 19.8 Å². The summed E-state index contributed by atoms with van der Waals surface area (Å²) < 4.78 is 10.9. The Bertz CT molecular complexity index is 331. The molecule has 2 atom stereocenters. The van der Waals surface area contributed by atoms with Crippen molar-refractivity contribution in [2.24, 2.45) is 5.84 Å². The molecule has 17 heavy (non-hydrogen) atoms. The lowest BCUT2D eigenvalue weighted by Crippen LogP contribution is -2.31. The smallest absolute Gasteiger partial charge is 0.124 e. The van der Waals surface area contributed by atoms with Gasteiger partial charge < -0.3 is 9.47 Å². The molecule has 1 aromatic rings. The van der Waals surface area contributed by atoms with Gasteiger partial charge in [-0.05, 0) is 26.3 Å². The van der Waals surface area contributed by atoms with E-state index in [1.807, 2.05) is 38.1 Å². The highest BCUT2D eigenvalue weighted by atomic mass is 16.5. The van der Waals surface area contributed by atoms with Gasteiger partial charge in [0.15, 0.2) is 0 Å². The van der Waals surface area contributed by atoms with Crippen LogP contribution in [0.3, 0.4) is 0 Å². The molecule has 0 aliphatic carbocycles. The summed E-state index contributed by atoms with van der Waals surface area (Å²) in [5.41, 5.74) is 3.89. The van der Waals surface area contributed by atoms with Crippen molar-refractivity contribution < 1.29 is 9.47 Å². The number of methoxy groups -OCH3 is 1. The monoisotopic (exact) mass is 238 g/mol. The second kappa shape index (κ2) is 7.27. The van der Waals surface area contributed by atoms with E-state index in [-0.39, 0.29) is 12.1 Å². The molecule has 0 radical (unpaired) electrons. The molecule has 0 spiro atoms. The molecule has 0 aliphatic rings. The topological polar surface area (TPSA) is 56.5 Å². The number of hydrogen-bond acceptors (Lipinski definition) is 4. The summed E-state index contributed by atoms with van der Waals surface area (Å²) in [6, 6.07) is 7.97. The van der Waals surface area contributed by atoms with Gasteiger partial charge in [0.2, 0.25) is 0 Å². The molecule has 2 unspecified atom stereocenters. The summed E-state index contributed by atoms with van der Waals surface area (Å²) in [5, 5.41) is 0. The molecule has 0 amide bonds. The molecule has 0 aromatic heterocycles. The highest BCUT2D eigenvalue weighted by Gasteiger charge is 2.17. The molecular weight excluding hydrogens is 216 g/mol. The van der Waals surface area contributed by atoms with Gasteiger partial charge >= 0.3 is 0 Å². The van der Waals surface area contributed by atoms with Crippen molar-refractivity contribution in [1.29, 1.82) is 0 Å². The predicted molar refractivity (Wildman–Crippen MR) is 68.8 cm³/mol. The van der Waals surface area contributed by atoms with Crippen LogP contribution in [0.1, 0.15) is 31.9 Å². The Kier molecular flexibility index (Phi) is 5.97. The van der Waals surface area contributed by atoms with Gasteiger partial charge in [-0.25, -0.2) is 0 Å². The van der Waals surface area contributed by atoms with Gasteiger partial charge in [0.1, 0.15) is 5.75 Å². The van der Waals surface area contributed by atoms with Crippen LogP contribution in [-0.2, 0) is 4.74 Å². The van der Waals surface area contributed by atoms with Crippen molar-refractivity contribution in [3.05, 3.63) is 29.8 Å². The maximum absolute atomic E-state index is 5.61. The zero-order valence-electron chi connectivity index (χ0n) is 10.8. The van der Waals surface area contributed by atoms with Crippen LogP contribution < -0.4 is 16.0 Å². The molecule has 0 bridgehead atoms. The van der Waals surface area contributed by atoms with Crippen molar-refractivity contribution >= 4 is 0 Å². The fraction of sp³-hybridized carbons (Fsp3) is 0.538. The summed E-state index contributed by atoms with van der Waals surface area (Å²) in [6.45, 7) is 4.64. The molecular formula is C13H22N2O2. The molecule has 0 saturated heterocycles. The average molecular weight is 238 g/mol. The van der Waals surface area contributed by atoms with Crippen molar-refractivity contribution in [3.63, 3.8) is 0 Å². The molecule has 0 saturated carbocycles. The number of para-hydroxylation sites is 1. The third kappa shape index (κ3) is 4.00. The Labute approximate surface area is 103 Å². The van der Waals surface area contributed by atoms with E-state index in [0.29, 0.717) is 6.61 Å². The molecule has 96 valence electrons. The number of rotatable bonds is 7. The Morgan fingerprint density at radius 3 is 2.65 bits per heavy atom. The van der Waals surface area contributed by atoms with E-state index in [0.717, 1.165) is 17.7 Å². The quantitative estimate of drug-likeness (QED) is 0.563. The fourth-order valence-electron chi connectivity index (χ4n) is 1.77. The second-order valence-corrected chi connectivity index (χ2v) is 3.97. The second-order valence-electron chi connectivity index (χ2n) is 3.97. The molecule has 3 N–H and O–H groups in total. The van der Waals surface area contributed by atoms with Gasteiger partial charge in [-0.3, -0.25) is 11.3 Å². The first-order valence-electron chi connectivity index (χ1n) is 5.93. The number of hydrazine groups is 1. The lowest BCUT2D eigenvalue weighted by Gasteiger charge is -2.22. The Morgan fingerprint density at radius 1 is 1.35 bits per heavy atom. The molecule has 0 fully saturated rings. The Hall–Kier alpha value is -1.10. The van der Waals surface area contributed by atoms with Crippen molar-refractivity contribution in [1.82, 2.24) is 5.43 Å². The fourth-order valence-corrected chi connectivity index (χ4v) is 1.77. The van der Waals surface area contributed by atoms with E-state index >= 15 is 0 Å². The minimum atomic E-state index is 0.0349. The lowest BCUT2D eigenvalue weighted by atomic mass is 10.0. The Morgan fingerprint density at radius 2 is 2.06 bits per heavy atom. The van der Waals surface area contributed by atoms with Gasteiger partial charge in [-0.1, -0.05) is 18.2 Å². The van der Waals surface area contributed by atoms with Gasteiger partial charge in [0, 0.05) is 12.7 Å². The van der Waals surface area contributed by atoms with Gasteiger partial charge in [0.05, 0.1) is 18.8 Å². The van der Waals surface area contributed by atoms with E-state index in [2.05, 4.69) is 5.43 Å². The number of benzene rings is 1. The van der Waals surface area contributed by atoms with Gasteiger partial charge in [-0.2, -0.15) is 0 Å². The largest absolute Gasteiger partial charge is 0.494 e. The SMILES string of the molecule is CCOc1ccccc1C(CC(C)OC)NN. The highest BCUT2D eigenvalue weighted by molar-refractivity contribution is 5.35. The molecule has 1 aromatic carbocycles. The van der Waals surface area contributed by atoms with E-state index in [1.165, 1.54) is 0 Å². The van der Waals surface area contributed by atoms with Crippen LogP contribution in [0.4, 0.5) is 0 Å². The molecule has 4 nitrogen and oxygen atoms in total. The third-order valence-electron chi connectivity index (χ3n) is 2.77. The predicted octanol–water partition coefficient (Wildman–Crippen LogP) is 2.01. The van der Waals surface area contributed by atoms with Gasteiger partial charge in [0.25, 0.3) is 0 Å². The highest BCUT2D eigenvalue weighted by Crippen LogP contribution is 2.27. The summed E-state index contributed by atoms with van der Waals surface area (Å²) in [5.74, 6) is 6.49. The summed E-state index contributed by atoms with van der Waals surface area (Å²) in [4.78, 5) is 0. The molecule has 0 heterocycles. The zero-order chi connectivity index (χ0) is 12.7. The van der Waals surface area contributed by atoms with Crippen LogP contribution in [0.5, 0.6) is 5.75 Å². The summed E-state index contributed by atoms with van der Waals surface area (Å²) >= 11 is 0. The van der Waals surface area contributed by atoms with Crippen LogP contribution >= 0.6 is 0 Å². The molecule has 0 aliphatic heterocycles. The normalized spacial score (nSPS) is 14.4. The van der Waals surface area contributed by atoms with E-state index in [9.17, 15) is 0 Å². The summed E-state index contributed by atoms with van der Waals surface area (Å²) in [6.07, 6.45) is 0.947. The maximum atomic E-state index is 5.61. The molecule has 1 rings (SSSR count). The lowest BCUT2D eigenvalue weighted by molar-refractivity contribution is 0.1000. The molecule has 4 heteroatoms. The third-order valence-corrected chi connectivity index (χ3v) is 2.77. The number of nitrogens with one attached hydrogen (secondary N) is 1. The van der Waals surface area contributed by atoms with Crippen LogP contribution in [0.25, 0.3) is 0 Å². The van der Waals surface area contributed by atoms with Crippen LogP contribution in [0.15, 0.2) is 24.3 Å². The zero-order valence-corrected chi connectivity index (χ0v) is 10.8. The standard InChI is InChI=1S/C13H22N2O2/c1-4-17-13-8-6-5-7-11(13)12(15-14)9-10(2)16-3/h5-8,10,12,15H,4,9,14H2,1-3H3. The first kappa shape index (κ1) is 14.0.